The number of para-hydroxylation sites is 1. The highest BCUT2D eigenvalue weighted by molar-refractivity contribution is 6.27. The molecular formula is C48H29NO. The fraction of sp³-hybridized carbons (Fsp3) is 0. The smallest absolute Gasteiger partial charge is 0.137 e. The van der Waals surface area contributed by atoms with Gasteiger partial charge in [-0.25, -0.2) is 0 Å². The number of hydrogen-bond donors (Lipinski definition) is 0. The van der Waals surface area contributed by atoms with Crippen LogP contribution in [-0.2, 0) is 0 Å². The van der Waals surface area contributed by atoms with Gasteiger partial charge in [-0.2, -0.15) is 0 Å². The van der Waals surface area contributed by atoms with E-state index in [1.165, 1.54) is 82.6 Å². The molecule has 0 atom stereocenters. The van der Waals surface area contributed by atoms with Crippen LogP contribution in [-0.4, -0.2) is 4.40 Å². The lowest BCUT2D eigenvalue weighted by Gasteiger charge is -2.08. The van der Waals surface area contributed by atoms with Gasteiger partial charge in [0.1, 0.15) is 11.2 Å². The zero-order valence-corrected chi connectivity index (χ0v) is 27.1. The van der Waals surface area contributed by atoms with Crippen LogP contribution in [0.3, 0.4) is 0 Å². The average Bonchev–Trinajstić information content (AvgIpc) is 3.83. The third-order valence-electron chi connectivity index (χ3n) is 10.5. The molecule has 0 spiro atoms. The van der Waals surface area contributed by atoms with Gasteiger partial charge < -0.3 is 8.82 Å². The average molecular weight is 636 g/mol. The highest BCUT2D eigenvalue weighted by atomic mass is 16.3. The van der Waals surface area contributed by atoms with E-state index in [-0.39, 0.29) is 0 Å². The third kappa shape index (κ3) is 4.03. The summed E-state index contributed by atoms with van der Waals surface area (Å²) < 4.78 is 8.88. The van der Waals surface area contributed by atoms with Crippen LogP contribution in [0.25, 0.3) is 105 Å². The predicted octanol–water partition coefficient (Wildman–Crippen LogP) is 13.4. The molecule has 0 saturated carbocycles. The molecule has 0 aliphatic carbocycles. The van der Waals surface area contributed by atoms with Crippen LogP contribution in [0, 0.1) is 0 Å². The molecule has 50 heavy (non-hydrogen) atoms. The Kier molecular flexibility index (Phi) is 5.70. The van der Waals surface area contributed by atoms with E-state index in [4.69, 9.17) is 4.42 Å². The summed E-state index contributed by atoms with van der Waals surface area (Å²) in [5.41, 5.74) is 15.2. The fourth-order valence-electron chi connectivity index (χ4n) is 8.13. The van der Waals surface area contributed by atoms with Crippen LogP contribution in [0.4, 0.5) is 0 Å². The van der Waals surface area contributed by atoms with Gasteiger partial charge >= 0.3 is 0 Å². The van der Waals surface area contributed by atoms with Gasteiger partial charge in [0, 0.05) is 38.4 Å². The van der Waals surface area contributed by atoms with Crippen molar-refractivity contribution in [2.75, 3.05) is 0 Å². The highest BCUT2D eigenvalue weighted by Gasteiger charge is 2.21. The van der Waals surface area contributed by atoms with Crippen molar-refractivity contribution in [3.63, 3.8) is 0 Å². The Morgan fingerprint density at radius 2 is 0.800 bits per heavy atom. The summed E-state index contributed by atoms with van der Waals surface area (Å²) in [6.45, 7) is 0. The van der Waals surface area contributed by atoms with Gasteiger partial charge in [0.2, 0.25) is 0 Å². The minimum absolute atomic E-state index is 0.915. The maximum absolute atomic E-state index is 6.42. The van der Waals surface area contributed by atoms with Crippen LogP contribution in [0.5, 0.6) is 0 Å². The standard InChI is InChI=1S/C48H29NO/c1-3-11-30(12-4-1)32-15-9-17-34(23-32)36-21-22-44-39(25-36)42-26-37(35-18-10-16-33(24-35)31-13-5-2-6-14-31)27-43-40-28-41-38-19-7-8-20-46(38)50-47(41)29-45(40)49(44)48(42)43/h1-29H. The number of hydrogen-bond acceptors (Lipinski definition) is 1. The summed E-state index contributed by atoms with van der Waals surface area (Å²) in [5.74, 6) is 0. The second-order valence-electron chi connectivity index (χ2n) is 13.3. The summed E-state index contributed by atoms with van der Waals surface area (Å²) in [4.78, 5) is 0. The molecule has 0 fully saturated rings. The van der Waals surface area contributed by atoms with Crippen molar-refractivity contribution >= 4 is 60.0 Å². The molecule has 0 aliphatic heterocycles. The monoisotopic (exact) mass is 635 g/mol. The highest BCUT2D eigenvalue weighted by Crippen LogP contribution is 2.45. The molecule has 3 aromatic heterocycles. The molecule has 2 nitrogen and oxygen atoms in total. The Bertz CT molecular complexity index is 3070. The van der Waals surface area contributed by atoms with E-state index in [0.717, 1.165) is 21.9 Å². The van der Waals surface area contributed by atoms with Gasteiger partial charge in [-0.1, -0.05) is 121 Å². The van der Waals surface area contributed by atoms with Crippen LogP contribution >= 0.6 is 0 Å². The second kappa shape index (κ2) is 10.4. The summed E-state index contributed by atoms with van der Waals surface area (Å²) in [6, 6.07) is 63.8. The van der Waals surface area contributed by atoms with Gasteiger partial charge in [0.05, 0.1) is 16.6 Å². The molecular weight excluding hydrogens is 607 g/mol. The first-order valence-electron chi connectivity index (χ1n) is 17.2. The van der Waals surface area contributed by atoms with E-state index in [0.29, 0.717) is 0 Å². The van der Waals surface area contributed by atoms with E-state index >= 15 is 0 Å². The molecule has 11 aromatic rings. The normalized spacial score (nSPS) is 12.0. The largest absolute Gasteiger partial charge is 0.456 e. The lowest BCUT2D eigenvalue weighted by molar-refractivity contribution is 0.669. The van der Waals surface area contributed by atoms with Gasteiger partial charge in [0.25, 0.3) is 0 Å². The van der Waals surface area contributed by atoms with Crippen molar-refractivity contribution in [1.29, 1.82) is 0 Å². The van der Waals surface area contributed by atoms with Crippen molar-refractivity contribution < 1.29 is 4.42 Å². The molecule has 11 rings (SSSR count). The van der Waals surface area contributed by atoms with E-state index in [9.17, 15) is 0 Å². The minimum Gasteiger partial charge on any atom is -0.456 e. The summed E-state index contributed by atoms with van der Waals surface area (Å²) in [6.07, 6.45) is 0. The van der Waals surface area contributed by atoms with E-state index in [2.05, 4.69) is 174 Å². The number of rotatable bonds is 4. The Labute approximate surface area is 288 Å². The van der Waals surface area contributed by atoms with Crippen molar-refractivity contribution in [2.45, 2.75) is 0 Å². The van der Waals surface area contributed by atoms with Gasteiger partial charge in [0.15, 0.2) is 0 Å². The lowest BCUT2D eigenvalue weighted by atomic mass is 9.95. The van der Waals surface area contributed by atoms with Gasteiger partial charge in [-0.3, -0.25) is 0 Å². The Morgan fingerprint density at radius 3 is 1.48 bits per heavy atom. The van der Waals surface area contributed by atoms with E-state index < -0.39 is 0 Å². The van der Waals surface area contributed by atoms with Crippen molar-refractivity contribution in [3.05, 3.63) is 176 Å². The Balaban J connectivity index is 1.20. The molecule has 8 aromatic carbocycles. The SMILES string of the molecule is c1ccc(-c2cccc(-c3ccc4c(c3)c3cc(-c5cccc(-c6ccccc6)c5)cc5c6cc7c(cc6n4c35)oc3ccccc37)c2)cc1. The predicted molar refractivity (Wildman–Crippen MR) is 210 cm³/mol. The van der Waals surface area contributed by atoms with Crippen LogP contribution in [0.15, 0.2) is 180 Å². The number of fused-ring (bicyclic) bond motifs is 9. The molecule has 0 aliphatic rings. The molecule has 0 bridgehead atoms. The molecule has 0 amide bonds. The molecule has 2 heteroatoms. The van der Waals surface area contributed by atoms with Gasteiger partial charge in [-0.05, 0) is 93.0 Å². The van der Waals surface area contributed by atoms with Crippen LogP contribution in [0.1, 0.15) is 0 Å². The first-order chi connectivity index (χ1) is 24.8. The topological polar surface area (TPSA) is 17.6 Å². The number of furan rings is 1. The first kappa shape index (κ1) is 27.3. The maximum Gasteiger partial charge on any atom is 0.137 e. The second-order valence-corrected chi connectivity index (χ2v) is 13.3. The molecule has 0 N–H and O–H groups in total. The van der Waals surface area contributed by atoms with Crippen molar-refractivity contribution in [2.24, 2.45) is 0 Å². The Morgan fingerprint density at radius 1 is 0.280 bits per heavy atom. The molecule has 0 radical (unpaired) electrons. The third-order valence-corrected chi connectivity index (χ3v) is 10.5. The van der Waals surface area contributed by atoms with Crippen LogP contribution < -0.4 is 0 Å². The summed E-state index contributed by atoms with van der Waals surface area (Å²) in [5, 5.41) is 7.31. The molecule has 3 heterocycles. The summed E-state index contributed by atoms with van der Waals surface area (Å²) >= 11 is 0. The van der Waals surface area contributed by atoms with Crippen molar-refractivity contribution in [3.8, 4) is 44.5 Å². The van der Waals surface area contributed by atoms with E-state index in [1.54, 1.807) is 0 Å². The lowest BCUT2D eigenvalue weighted by Crippen LogP contribution is -1.84. The number of aromatic nitrogens is 1. The van der Waals surface area contributed by atoms with E-state index in [1.807, 2.05) is 6.07 Å². The number of benzene rings is 8. The fourth-order valence-corrected chi connectivity index (χ4v) is 8.13. The Hall–Kier alpha value is -6.64. The zero-order chi connectivity index (χ0) is 32.8. The minimum atomic E-state index is 0.915. The summed E-state index contributed by atoms with van der Waals surface area (Å²) in [7, 11) is 0. The molecule has 0 saturated heterocycles. The first-order valence-corrected chi connectivity index (χ1v) is 17.2. The molecule has 0 unspecified atom stereocenters. The maximum atomic E-state index is 6.42. The quantitative estimate of drug-likeness (QED) is 0.188. The van der Waals surface area contributed by atoms with Crippen LogP contribution in [0.2, 0.25) is 0 Å². The van der Waals surface area contributed by atoms with Crippen molar-refractivity contribution in [1.82, 2.24) is 4.40 Å². The van der Waals surface area contributed by atoms with Gasteiger partial charge in [-0.15, -0.1) is 0 Å². The number of nitrogens with zero attached hydrogens (tertiary/aromatic N) is 1. The molecule has 232 valence electrons. The zero-order valence-electron chi connectivity index (χ0n) is 27.1.